The van der Waals surface area contributed by atoms with Gasteiger partial charge in [0, 0.05) is 62.9 Å². The lowest BCUT2D eigenvalue weighted by Crippen LogP contribution is -2.35. The molecule has 1 aliphatic rings. The summed E-state index contributed by atoms with van der Waals surface area (Å²) in [6, 6.07) is 0.354. The molecule has 1 fully saturated rings. The number of imidazole rings is 1. The number of nitrogens with zero attached hydrogens (tertiary/aromatic N) is 5. The van der Waals surface area contributed by atoms with E-state index in [4.69, 9.17) is 4.74 Å². The second-order valence-electron chi connectivity index (χ2n) is 5.76. The summed E-state index contributed by atoms with van der Waals surface area (Å²) in [5.41, 5.74) is 2.09. The van der Waals surface area contributed by atoms with Gasteiger partial charge in [0.25, 0.3) is 0 Å². The van der Waals surface area contributed by atoms with Crippen molar-refractivity contribution in [3.63, 3.8) is 0 Å². The van der Waals surface area contributed by atoms with E-state index in [1.54, 1.807) is 19.5 Å². The fourth-order valence-corrected chi connectivity index (χ4v) is 3.11. The molecule has 1 saturated heterocycles. The molecule has 2 aromatic rings. The standard InChI is InChI=1S/C15H22N6O/c1-20-8-11(14-7-16-10-21(14)2)13(9-20)19-6-12-15(22-3)18-5-4-17-12/h4-5,7,10-11,13,19H,6,8-9H2,1-3H3/t11-,13-/m1/s1. The van der Waals surface area contributed by atoms with Crippen molar-refractivity contribution >= 4 is 0 Å². The van der Waals surface area contributed by atoms with Gasteiger partial charge in [-0.1, -0.05) is 0 Å². The van der Waals surface area contributed by atoms with Crippen LogP contribution < -0.4 is 10.1 Å². The summed E-state index contributed by atoms with van der Waals surface area (Å²) in [6.45, 7) is 2.66. The summed E-state index contributed by atoms with van der Waals surface area (Å²) in [4.78, 5) is 15.1. The molecule has 1 N–H and O–H groups in total. The van der Waals surface area contributed by atoms with Crippen LogP contribution >= 0.6 is 0 Å². The fourth-order valence-electron chi connectivity index (χ4n) is 3.11. The number of nitrogens with one attached hydrogen (secondary N) is 1. The Morgan fingerprint density at radius 2 is 2.09 bits per heavy atom. The van der Waals surface area contributed by atoms with Crippen molar-refractivity contribution in [3.8, 4) is 5.88 Å². The molecule has 7 heteroatoms. The number of hydrogen-bond donors (Lipinski definition) is 1. The predicted molar refractivity (Wildman–Crippen MR) is 82.7 cm³/mol. The van der Waals surface area contributed by atoms with E-state index < -0.39 is 0 Å². The Bertz CT molecular complexity index is 628. The normalized spacial score (nSPS) is 22.1. The maximum absolute atomic E-state index is 5.26. The number of aromatic nitrogens is 4. The average Bonchev–Trinajstić information content (AvgIpc) is 3.10. The summed E-state index contributed by atoms with van der Waals surface area (Å²) in [6.07, 6.45) is 7.15. The lowest BCUT2D eigenvalue weighted by molar-refractivity contribution is 0.378. The lowest BCUT2D eigenvalue weighted by atomic mass is 10.00. The van der Waals surface area contributed by atoms with Crippen LogP contribution in [0.15, 0.2) is 24.9 Å². The first-order valence-corrected chi connectivity index (χ1v) is 7.41. The molecule has 0 aliphatic carbocycles. The van der Waals surface area contributed by atoms with E-state index >= 15 is 0 Å². The van der Waals surface area contributed by atoms with E-state index in [-0.39, 0.29) is 0 Å². The molecule has 7 nitrogen and oxygen atoms in total. The molecule has 22 heavy (non-hydrogen) atoms. The van der Waals surface area contributed by atoms with Crippen molar-refractivity contribution in [1.29, 1.82) is 0 Å². The maximum atomic E-state index is 5.26. The first-order chi connectivity index (χ1) is 10.7. The van der Waals surface area contributed by atoms with Gasteiger partial charge >= 0.3 is 0 Å². The number of ether oxygens (including phenoxy) is 1. The van der Waals surface area contributed by atoms with Crippen LogP contribution in [0.25, 0.3) is 0 Å². The van der Waals surface area contributed by atoms with Gasteiger partial charge in [-0.15, -0.1) is 0 Å². The molecule has 1 aliphatic heterocycles. The van der Waals surface area contributed by atoms with Crippen LogP contribution in [0.2, 0.25) is 0 Å². The van der Waals surface area contributed by atoms with Crippen molar-refractivity contribution < 1.29 is 4.74 Å². The molecule has 2 aromatic heterocycles. The summed E-state index contributed by atoms with van der Waals surface area (Å²) >= 11 is 0. The maximum Gasteiger partial charge on any atom is 0.236 e. The van der Waals surface area contributed by atoms with Gasteiger partial charge in [0.05, 0.1) is 13.4 Å². The van der Waals surface area contributed by atoms with Gasteiger partial charge in [-0.05, 0) is 7.05 Å². The highest BCUT2D eigenvalue weighted by molar-refractivity contribution is 5.18. The molecule has 0 aromatic carbocycles. The molecule has 0 bridgehead atoms. The van der Waals surface area contributed by atoms with E-state index in [9.17, 15) is 0 Å². The van der Waals surface area contributed by atoms with Crippen molar-refractivity contribution in [2.24, 2.45) is 7.05 Å². The van der Waals surface area contributed by atoms with Gasteiger partial charge in [-0.2, -0.15) is 0 Å². The van der Waals surface area contributed by atoms with Crippen LogP contribution in [0.3, 0.4) is 0 Å². The molecule has 3 rings (SSSR count). The highest BCUT2D eigenvalue weighted by Gasteiger charge is 2.33. The number of likely N-dealkylation sites (N-methyl/N-ethyl adjacent to an activating group) is 1. The Kier molecular flexibility index (Phi) is 4.35. The Balaban J connectivity index is 1.72. The minimum Gasteiger partial charge on any atom is -0.480 e. The monoisotopic (exact) mass is 302 g/mol. The third kappa shape index (κ3) is 2.95. The SMILES string of the molecule is COc1nccnc1CN[C@@H]1CN(C)C[C@H]1c1cncn1C. The van der Waals surface area contributed by atoms with Crippen LogP contribution in [0.4, 0.5) is 0 Å². The second-order valence-corrected chi connectivity index (χ2v) is 5.76. The first kappa shape index (κ1) is 14.9. The van der Waals surface area contributed by atoms with E-state index in [0.717, 1.165) is 18.8 Å². The van der Waals surface area contributed by atoms with Gasteiger partial charge < -0.3 is 19.5 Å². The van der Waals surface area contributed by atoms with Crippen LogP contribution in [0.5, 0.6) is 5.88 Å². The zero-order valence-electron chi connectivity index (χ0n) is 13.2. The van der Waals surface area contributed by atoms with Crippen LogP contribution in [0, 0.1) is 0 Å². The van der Waals surface area contributed by atoms with E-state index in [2.05, 4.69) is 36.8 Å². The summed E-state index contributed by atoms with van der Waals surface area (Å²) in [5.74, 6) is 0.999. The largest absolute Gasteiger partial charge is 0.480 e. The minimum absolute atomic E-state index is 0.354. The van der Waals surface area contributed by atoms with E-state index in [1.165, 1.54) is 5.69 Å². The second kappa shape index (κ2) is 6.41. The molecule has 0 amide bonds. The number of hydrogen-bond acceptors (Lipinski definition) is 6. The van der Waals surface area contributed by atoms with Gasteiger partial charge in [-0.25, -0.2) is 9.97 Å². The number of rotatable bonds is 5. The van der Waals surface area contributed by atoms with Gasteiger partial charge in [0.1, 0.15) is 5.69 Å². The molecule has 118 valence electrons. The molecular formula is C15H22N6O. The van der Waals surface area contributed by atoms with Crippen LogP contribution in [-0.2, 0) is 13.6 Å². The Morgan fingerprint density at radius 1 is 1.27 bits per heavy atom. The van der Waals surface area contributed by atoms with Gasteiger partial charge in [0.2, 0.25) is 5.88 Å². The van der Waals surface area contributed by atoms with Crippen LogP contribution in [-0.4, -0.2) is 57.7 Å². The van der Waals surface area contributed by atoms with Crippen molar-refractivity contribution in [2.45, 2.75) is 18.5 Å². The van der Waals surface area contributed by atoms with Crippen molar-refractivity contribution in [2.75, 3.05) is 27.2 Å². The van der Waals surface area contributed by atoms with Gasteiger partial charge in [-0.3, -0.25) is 4.98 Å². The molecule has 0 saturated carbocycles. The molecule has 0 spiro atoms. The Labute approximate surface area is 130 Å². The summed E-state index contributed by atoms with van der Waals surface area (Å²) in [7, 11) is 5.81. The lowest BCUT2D eigenvalue weighted by Gasteiger charge is -2.20. The molecule has 3 heterocycles. The van der Waals surface area contributed by atoms with Gasteiger partial charge in [0.15, 0.2) is 0 Å². The molecule has 2 atom stereocenters. The number of likely N-dealkylation sites (tertiary alicyclic amines) is 1. The van der Waals surface area contributed by atoms with Crippen molar-refractivity contribution in [1.82, 2.24) is 29.7 Å². The Hall–Kier alpha value is -1.99. The molecule has 0 radical (unpaired) electrons. The summed E-state index contributed by atoms with van der Waals surface area (Å²) < 4.78 is 7.36. The Morgan fingerprint density at radius 3 is 2.82 bits per heavy atom. The number of methoxy groups -OCH3 is 1. The topological polar surface area (TPSA) is 68.1 Å². The smallest absolute Gasteiger partial charge is 0.236 e. The fraction of sp³-hybridized carbons (Fsp3) is 0.533. The molecular weight excluding hydrogens is 280 g/mol. The first-order valence-electron chi connectivity index (χ1n) is 7.41. The number of aryl methyl sites for hydroxylation is 1. The predicted octanol–water partition coefficient (Wildman–Crippen LogP) is 0.406. The van der Waals surface area contributed by atoms with E-state index in [1.807, 2.05) is 19.6 Å². The zero-order valence-corrected chi connectivity index (χ0v) is 13.2. The molecule has 0 unspecified atom stereocenters. The third-order valence-corrected chi connectivity index (χ3v) is 4.20. The van der Waals surface area contributed by atoms with Crippen LogP contribution in [0.1, 0.15) is 17.3 Å². The van der Waals surface area contributed by atoms with E-state index in [0.29, 0.717) is 24.4 Å². The minimum atomic E-state index is 0.354. The highest BCUT2D eigenvalue weighted by Crippen LogP contribution is 2.26. The quantitative estimate of drug-likeness (QED) is 0.862. The average molecular weight is 302 g/mol. The summed E-state index contributed by atoms with van der Waals surface area (Å²) in [5, 5.41) is 3.60. The zero-order chi connectivity index (χ0) is 15.5. The highest BCUT2D eigenvalue weighted by atomic mass is 16.5. The van der Waals surface area contributed by atoms with Crippen molar-refractivity contribution in [3.05, 3.63) is 36.3 Å². The third-order valence-electron chi connectivity index (χ3n) is 4.20.